The molecule has 0 spiro atoms. The minimum absolute atomic E-state index is 0.0767. The highest BCUT2D eigenvalue weighted by Gasteiger charge is 2.45. The molecule has 5 aliphatic rings. The van der Waals surface area contributed by atoms with Gasteiger partial charge in [0.2, 0.25) is 11.8 Å². The van der Waals surface area contributed by atoms with Crippen LogP contribution < -0.4 is 26.6 Å². The number of fused-ring (bicyclic) bond motifs is 1. The molecule has 0 bridgehead atoms. The highest BCUT2D eigenvalue weighted by Crippen LogP contribution is 2.35. The van der Waals surface area contributed by atoms with Crippen LogP contribution in [0.25, 0.3) is 0 Å². The topological polar surface area (TPSA) is 190 Å². The lowest BCUT2D eigenvalue weighted by atomic mass is 9.87. The summed E-state index contributed by atoms with van der Waals surface area (Å²) in [5.41, 5.74) is 11.6. The number of hydrogen-bond acceptors (Lipinski definition) is 11. The van der Waals surface area contributed by atoms with E-state index in [9.17, 15) is 32.8 Å². The number of hydrogen-bond donors (Lipinski definition) is 5. The number of piperidine rings is 2. The molecule has 332 valence electrons. The third-order valence-electron chi connectivity index (χ3n) is 13.2. The van der Waals surface area contributed by atoms with Gasteiger partial charge in [0, 0.05) is 93.0 Å². The first kappa shape index (κ1) is 42.8. The summed E-state index contributed by atoms with van der Waals surface area (Å²) in [4.78, 5) is 70.3. The van der Waals surface area contributed by atoms with Crippen LogP contribution in [0.4, 0.5) is 25.8 Å². The predicted octanol–water partition coefficient (Wildman–Crippen LogP) is 5.20. The summed E-state index contributed by atoms with van der Waals surface area (Å²) in [6.45, 7) is 5.56. The fourth-order valence-corrected chi connectivity index (χ4v) is 9.65. The van der Waals surface area contributed by atoms with Crippen molar-refractivity contribution >= 4 is 52.4 Å². The number of nitrogens with one attached hydrogen (secondary N) is 4. The molecule has 14 nitrogen and oxygen atoms in total. The first-order valence-corrected chi connectivity index (χ1v) is 21.9. The molecule has 16 heteroatoms. The highest BCUT2D eigenvalue weighted by molar-refractivity contribution is 6.23. The van der Waals surface area contributed by atoms with Gasteiger partial charge >= 0.3 is 0 Å². The number of nitrogens with two attached hydrogens (primary N) is 1. The van der Waals surface area contributed by atoms with Crippen molar-refractivity contribution in [3.05, 3.63) is 123 Å². The summed E-state index contributed by atoms with van der Waals surface area (Å²) in [6.07, 6.45) is 3.96. The number of rotatable bonds is 11. The molecular formula is C48H50F2N8O6. The molecule has 6 N–H and O–H groups in total. The number of carbonyl (C=O) groups is 5. The number of amidine groups is 1. The number of benzene rings is 4. The van der Waals surface area contributed by atoms with Crippen LogP contribution in [0, 0.1) is 23.0 Å². The molecule has 5 amide bonds. The number of anilines is 3. The van der Waals surface area contributed by atoms with Gasteiger partial charge in [0.15, 0.2) is 0 Å². The van der Waals surface area contributed by atoms with Gasteiger partial charge in [-0.05, 0) is 116 Å². The summed E-state index contributed by atoms with van der Waals surface area (Å²) in [5, 5.41) is 17.4. The van der Waals surface area contributed by atoms with E-state index in [4.69, 9.17) is 15.9 Å². The molecule has 5 aliphatic heterocycles. The fourth-order valence-electron chi connectivity index (χ4n) is 9.65. The van der Waals surface area contributed by atoms with Crippen LogP contribution >= 0.6 is 0 Å². The normalized spacial score (nSPS) is 19.9. The van der Waals surface area contributed by atoms with Crippen LogP contribution in [0.5, 0.6) is 0 Å². The van der Waals surface area contributed by atoms with E-state index < -0.39 is 47.2 Å². The highest BCUT2D eigenvalue weighted by atomic mass is 19.1. The van der Waals surface area contributed by atoms with Crippen molar-refractivity contribution in [1.29, 1.82) is 5.41 Å². The van der Waals surface area contributed by atoms with Crippen LogP contribution in [0.3, 0.4) is 0 Å². The lowest BCUT2D eigenvalue weighted by Gasteiger charge is -2.43. The summed E-state index contributed by atoms with van der Waals surface area (Å²) < 4.78 is 33.3. The number of halogens is 2. The molecule has 1 unspecified atom stereocenters. The van der Waals surface area contributed by atoms with Gasteiger partial charge in [0.25, 0.3) is 17.7 Å². The molecule has 0 saturated carbocycles. The standard InChI is InChI=1S/C48H50F2N8O6/c49-32-18-29(19-33(50)22-32)17-28-1-6-40(51)39(20-28)44(52)55-45(60)37-5-3-35(23-41(37)53-34-11-15-64-16-12-34)57-13-9-27(10-14-57)24-56-25-31(26-56)30-2-4-36-38(21-30)48(63)58(47(36)62)42-7-8-43(59)54-46(42)61/h1-6,18-23,27,31,34,42,53H,7-17,24-26,51H2,(H2,52,55,60)(H,54,59,61). The SMILES string of the molecule is N=C(NC(=O)c1ccc(N2CCC(CN3CC(c4ccc5c(c4)C(=O)N(C4CCC(=O)NC4=O)C5=O)C3)CC2)cc1NC1CCOCC1)c1cc(Cc2cc(F)cc(F)c2)ccc1N. The molecular weight excluding hydrogens is 823 g/mol. The van der Waals surface area contributed by atoms with Crippen molar-refractivity contribution in [2.75, 3.05) is 61.9 Å². The molecule has 0 aromatic heterocycles. The maximum Gasteiger partial charge on any atom is 0.262 e. The summed E-state index contributed by atoms with van der Waals surface area (Å²) in [6, 6.07) is 18.6. The molecule has 4 fully saturated rings. The number of amides is 5. The van der Waals surface area contributed by atoms with Gasteiger partial charge < -0.3 is 30.9 Å². The minimum Gasteiger partial charge on any atom is -0.398 e. The van der Waals surface area contributed by atoms with Gasteiger partial charge in [-0.15, -0.1) is 0 Å². The van der Waals surface area contributed by atoms with Crippen LogP contribution in [-0.2, 0) is 20.7 Å². The van der Waals surface area contributed by atoms with E-state index in [1.54, 1.807) is 36.4 Å². The Labute approximate surface area is 369 Å². The number of ether oxygens (including phenoxy) is 1. The Balaban J connectivity index is 0.807. The lowest BCUT2D eigenvalue weighted by Crippen LogP contribution is -2.54. The minimum atomic E-state index is -0.989. The second kappa shape index (κ2) is 17.9. The van der Waals surface area contributed by atoms with Gasteiger partial charge in [0.05, 0.1) is 16.7 Å². The third kappa shape index (κ3) is 8.97. The molecule has 1 atom stereocenters. The Hall–Kier alpha value is -6.52. The Morgan fingerprint density at radius 3 is 2.28 bits per heavy atom. The van der Waals surface area contributed by atoms with Gasteiger partial charge in [-0.2, -0.15) is 0 Å². The second-order valence-electron chi connectivity index (χ2n) is 17.6. The molecule has 4 aromatic carbocycles. The number of nitrogens with zero attached hydrogens (tertiary/aromatic N) is 3. The first-order valence-electron chi connectivity index (χ1n) is 21.9. The number of carbonyl (C=O) groups excluding carboxylic acids is 5. The Bertz CT molecular complexity index is 2530. The Kier molecular flexibility index (Phi) is 12.0. The van der Waals surface area contributed by atoms with Crippen molar-refractivity contribution in [2.45, 2.75) is 62.9 Å². The van der Waals surface area contributed by atoms with E-state index in [2.05, 4.69) is 25.8 Å². The maximum absolute atomic E-state index is 13.9. The van der Waals surface area contributed by atoms with E-state index >= 15 is 0 Å². The van der Waals surface area contributed by atoms with Crippen molar-refractivity contribution in [1.82, 2.24) is 20.4 Å². The predicted molar refractivity (Wildman–Crippen MR) is 235 cm³/mol. The molecule has 5 heterocycles. The van der Waals surface area contributed by atoms with Crippen molar-refractivity contribution < 1.29 is 37.5 Å². The largest absolute Gasteiger partial charge is 0.398 e. The third-order valence-corrected chi connectivity index (χ3v) is 13.2. The Morgan fingerprint density at radius 1 is 0.812 bits per heavy atom. The average Bonchev–Trinajstić information content (AvgIpc) is 3.50. The van der Waals surface area contributed by atoms with Crippen LogP contribution in [0.15, 0.2) is 72.8 Å². The first-order chi connectivity index (χ1) is 30.9. The summed E-state index contributed by atoms with van der Waals surface area (Å²) >= 11 is 0. The van der Waals surface area contributed by atoms with Gasteiger partial charge in [-0.1, -0.05) is 12.1 Å². The van der Waals surface area contributed by atoms with E-state index in [1.807, 2.05) is 18.2 Å². The Morgan fingerprint density at radius 2 is 1.55 bits per heavy atom. The van der Waals surface area contributed by atoms with Crippen LogP contribution in [-0.4, -0.2) is 103 Å². The van der Waals surface area contributed by atoms with Crippen molar-refractivity contribution in [3.8, 4) is 0 Å². The molecule has 9 rings (SSSR count). The van der Waals surface area contributed by atoms with E-state index in [0.29, 0.717) is 52.6 Å². The lowest BCUT2D eigenvalue weighted by molar-refractivity contribution is -0.136. The van der Waals surface area contributed by atoms with Gasteiger partial charge in [0.1, 0.15) is 23.5 Å². The number of nitrogen functional groups attached to an aromatic ring is 1. The smallest absolute Gasteiger partial charge is 0.262 e. The molecule has 64 heavy (non-hydrogen) atoms. The van der Waals surface area contributed by atoms with Crippen LogP contribution in [0.1, 0.15) is 97.8 Å². The maximum atomic E-state index is 13.9. The zero-order chi connectivity index (χ0) is 44.6. The fraction of sp³-hybridized carbons (Fsp3) is 0.375. The van der Waals surface area contributed by atoms with E-state index in [-0.39, 0.29) is 48.3 Å². The second-order valence-corrected chi connectivity index (χ2v) is 17.6. The van der Waals surface area contributed by atoms with Gasteiger partial charge in [-0.25, -0.2) is 8.78 Å². The monoisotopic (exact) mass is 872 g/mol. The van der Waals surface area contributed by atoms with Crippen molar-refractivity contribution in [3.63, 3.8) is 0 Å². The van der Waals surface area contributed by atoms with Crippen molar-refractivity contribution in [2.24, 2.45) is 5.92 Å². The molecule has 4 aromatic rings. The van der Waals surface area contributed by atoms with E-state index in [0.717, 1.165) is 80.6 Å². The van der Waals surface area contributed by atoms with Gasteiger partial charge in [-0.3, -0.25) is 39.6 Å². The zero-order valence-corrected chi connectivity index (χ0v) is 35.3. The molecule has 4 saturated heterocycles. The molecule has 0 aliphatic carbocycles. The average molecular weight is 873 g/mol. The summed E-state index contributed by atoms with van der Waals surface area (Å²) in [7, 11) is 0. The number of likely N-dealkylation sites (tertiary alicyclic amines) is 1. The number of imide groups is 2. The quantitative estimate of drug-likeness (QED) is 0.0580. The zero-order valence-electron chi connectivity index (χ0n) is 35.3. The molecule has 0 radical (unpaired) electrons. The van der Waals surface area contributed by atoms with E-state index in [1.165, 1.54) is 12.1 Å². The van der Waals surface area contributed by atoms with Crippen LogP contribution in [0.2, 0.25) is 0 Å². The summed E-state index contributed by atoms with van der Waals surface area (Å²) in [5.74, 6) is -3.31.